The van der Waals surface area contributed by atoms with Crippen LogP contribution in [0, 0.1) is 10.8 Å². The molecule has 31 heavy (non-hydrogen) atoms. The van der Waals surface area contributed by atoms with Gasteiger partial charge in [0.15, 0.2) is 0 Å². The van der Waals surface area contributed by atoms with E-state index in [0.29, 0.717) is 9.13 Å². The second kappa shape index (κ2) is 11.1. The van der Waals surface area contributed by atoms with Crippen molar-refractivity contribution in [1.29, 1.82) is 0 Å². The molecule has 0 spiro atoms. The third-order valence-electron chi connectivity index (χ3n) is 4.88. The zero-order valence-electron chi connectivity index (χ0n) is 18.9. The highest BCUT2D eigenvalue weighted by molar-refractivity contribution is 5.69. The minimum absolute atomic E-state index is 0.0238. The molecule has 0 saturated carbocycles. The van der Waals surface area contributed by atoms with Gasteiger partial charge in [-0.15, -0.1) is 0 Å². The van der Waals surface area contributed by atoms with Crippen LogP contribution in [0.1, 0.15) is 53.9 Å². The van der Waals surface area contributed by atoms with Crippen molar-refractivity contribution in [2.75, 3.05) is 19.8 Å². The van der Waals surface area contributed by atoms with E-state index in [1.165, 1.54) is 0 Å². The lowest BCUT2D eigenvalue weighted by atomic mass is 9.92. The quantitative estimate of drug-likeness (QED) is 0.429. The van der Waals surface area contributed by atoms with Crippen molar-refractivity contribution in [3.05, 3.63) is 31.5 Å². The molecule has 0 saturated heterocycles. The summed E-state index contributed by atoms with van der Waals surface area (Å²) in [6.07, 6.45) is 0.306. The SMILES string of the molecule is CCC(C)(C)COC(=O)CCn1c(=O)[nH]c(=O)n(CCC(=O)OCC(C)(C)CO)c1=O. The molecule has 0 aromatic carbocycles. The Labute approximate surface area is 180 Å². The fourth-order valence-corrected chi connectivity index (χ4v) is 2.19. The topological polar surface area (TPSA) is 150 Å². The average Bonchev–Trinajstić information content (AvgIpc) is 2.70. The van der Waals surface area contributed by atoms with E-state index in [-0.39, 0.29) is 51.2 Å². The first kappa shape index (κ1) is 26.3. The number of rotatable bonds is 12. The van der Waals surface area contributed by atoms with Crippen LogP contribution in [-0.2, 0) is 32.2 Å². The van der Waals surface area contributed by atoms with Crippen molar-refractivity contribution in [3.63, 3.8) is 0 Å². The molecule has 0 atom stereocenters. The van der Waals surface area contributed by atoms with E-state index >= 15 is 0 Å². The molecule has 0 unspecified atom stereocenters. The van der Waals surface area contributed by atoms with Gasteiger partial charge >= 0.3 is 29.0 Å². The Hall–Kier alpha value is -2.69. The molecule has 1 rings (SSSR count). The number of nitrogens with zero attached hydrogens (tertiary/aromatic N) is 2. The number of carbonyl (C=O) groups is 2. The molecule has 2 N–H and O–H groups in total. The van der Waals surface area contributed by atoms with Crippen molar-refractivity contribution >= 4 is 11.9 Å². The summed E-state index contributed by atoms with van der Waals surface area (Å²) >= 11 is 0. The summed E-state index contributed by atoms with van der Waals surface area (Å²) < 4.78 is 11.6. The van der Waals surface area contributed by atoms with Gasteiger partial charge in [-0.05, 0) is 11.8 Å². The average molecular weight is 443 g/mol. The van der Waals surface area contributed by atoms with Gasteiger partial charge in [0.05, 0.1) is 32.7 Å². The van der Waals surface area contributed by atoms with Gasteiger partial charge < -0.3 is 14.6 Å². The van der Waals surface area contributed by atoms with E-state index in [2.05, 4.69) is 0 Å². The van der Waals surface area contributed by atoms with Crippen LogP contribution in [0.2, 0.25) is 0 Å². The molecule has 11 heteroatoms. The number of aromatic amines is 1. The molecule has 1 heterocycles. The Kier molecular flexibility index (Phi) is 9.41. The van der Waals surface area contributed by atoms with Gasteiger partial charge in [-0.2, -0.15) is 0 Å². The summed E-state index contributed by atoms with van der Waals surface area (Å²) in [5.74, 6) is -1.23. The van der Waals surface area contributed by atoms with E-state index in [1.807, 2.05) is 25.8 Å². The number of H-pyrrole nitrogens is 1. The molecular weight excluding hydrogens is 410 g/mol. The molecule has 1 aromatic rings. The van der Waals surface area contributed by atoms with Crippen LogP contribution >= 0.6 is 0 Å². The number of esters is 2. The highest BCUT2D eigenvalue weighted by atomic mass is 16.5. The van der Waals surface area contributed by atoms with Gasteiger partial charge in [0.25, 0.3) is 0 Å². The molecule has 0 radical (unpaired) electrons. The van der Waals surface area contributed by atoms with Crippen molar-refractivity contribution in [2.24, 2.45) is 10.8 Å². The fraction of sp³-hybridized carbons (Fsp3) is 0.750. The Bertz CT molecular complexity index is 868. The monoisotopic (exact) mass is 443 g/mol. The highest BCUT2D eigenvalue weighted by Gasteiger charge is 2.20. The third kappa shape index (κ3) is 8.52. The molecule has 1 aromatic heterocycles. The van der Waals surface area contributed by atoms with Gasteiger partial charge in [-0.25, -0.2) is 23.5 Å². The van der Waals surface area contributed by atoms with Crippen LogP contribution in [0.25, 0.3) is 0 Å². The van der Waals surface area contributed by atoms with Gasteiger partial charge in [0.2, 0.25) is 0 Å². The highest BCUT2D eigenvalue weighted by Crippen LogP contribution is 2.19. The number of carbonyl (C=O) groups excluding carboxylic acids is 2. The lowest BCUT2D eigenvalue weighted by Crippen LogP contribution is -2.49. The van der Waals surface area contributed by atoms with Crippen LogP contribution in [-0.4, -0.2) is 51.0 Å². The minimum Gasteiger partial charge on any atom is -0.465 e. The number of ether oxygens (including phenoxy) is 2. The van der Waals surface area contributed by atoms with Crippen LogP contribution < -0.4 is 17.1 Å². The van der Waals surface area contributed by atoms with Crippen molar-refractivity contribution < 1.29 is 24.2 Å². The molecule has 0 aliphatic carbocycles. The van der Waals surface area contributed by atoms with Gasteiger partial charge in [-0.3, -0.25) is 14.6 Å². The van der Waals surface area contributed by atoms with Crippen LogP contribution in [0.5, 0.6) is 0 Å². The summed E-state index contributed by atoms with van der Waals surface area (Å²) in [5.41, 5.74) is -3.63. The predicted octanol–water partition coefficient (Wildman–Crippen LogP) is 0.0196. The summed E-state index contributed by atoms with van der Waals surface area (Å²) in [6.45, 7) is 8.72. The number of hydrogen-bond donors (Lipinski definition) is 2. The maximum absolute atomic E-state index is 12.5. The van der Waals surface area contributed by atoms with Crippen LogP contribution in [0.15, 0.2) is 14.4 Å². The van der Waals surface area contributed by atoms with Crippen molar-refractivity contribution in [3.8, 4) is 0 Å². The number of aliphatic hydroxyl groups excluding tert-OH is 1. The second-order valence-electron chi connectivity index (χ2n) is 8.98. The Morgan fingerprint density at radius 3 is 1.68 bits per heavy atom. The lowest BCUT2D eigenvalue weighted by Gasteiger charge is -2.21. The Balaban J connectivity index is 2.79. The van der Waals surface area contributed by atoms with E-state index in [9.17, 15) is 29.1 Å². The number of aromatic nitrogens is 3. The predicted molar refractivity (Wildman–Crippen MR) is 112 cm³/mol. The minimum atomic E-state index is -0.956. The number of hydrogen-bond acceptors (Lipinski definition) is 8. The summed E-state index contributed by atoms with van der Waals surface area (Å²) in [4.78, 5) is 62.4. The molecule has 176 valence electrons. The Morgan fingerprint density at radius 2 is 1.29 bits per heavy atom. The maximum atomic E-state index is 12.5. The van der Waals surface area contributed by atoms with Gasteiger partial charge in [0.1, 0.15) is 0 Å². The van der Waals surface area contributed by atoms with Crippen LogP contribution in [0.3, 0.4) is 0 Å². The summed E-state index contributed by atoms with van der Waals surface area (Å²) in [5, 5.41) is 9.17. The first-order valence-electron chi connectivity index (χ1n) is 10.2. The lowest BCUT2D eigenvalue weighted by molar-refractivity contribution is -0.148. The summed E-state index contributed by atoms with van der Waals surface area (Å²) in [6, 6.07) is 0. The van der Waals surface area contributed by atoms with Gasteiger partial charge in [-0.1, -0.05) is 34.6 Å². The molecular formula is C20H33N3O8. The second-order valence-corrected chi connectivity index (χ2v) is 8.98. The zero-order chi connectivity index (χ0) is 23.8. The zero-order valence-corrected chi connectivity index (χ0v) is 18.9. The van der Waals surface area contributed by atoms with E-state index in [0.717, 1.165) is 6.42 Å². The Morgan fingerprint density at radius 1 is 0.871 bits per heavy atom. The largest absolute Gasteiger partial charge is 0.465 e. The standard InChI is InChI=1S/C20H33N3O8/c1-6-19(2,3)12-30-14(25)7-9-22-16(27)21-17(28)23(18(22)29)10-8-15(26)31-13-20(4,5)11-24/h24H,6-13H2,1-5H3,(H,21,27,28). The number of nitrogens with one attached hydrogen (secondary N) is 1. The molecule has 11 nitrogen and oxygen atoms in total. The summed E-state index contributed by atoms with van der Waals surface area (Å²) in [7, 11) is 0. The van der Waals surface area contributed by atoms with Crippen LogP contribution in [0.4, 0.5) is 0 Å². The van der Waals surface area contributed by atoms with E-state index < -0.39 is 34.4 Å². The molecule has 0 aliphatic heterocycles. The first-order valence-corrected chi connectivity index (χ1v) is 10.2. The maximum Gasteiger partial charge on any atom is 0.336 e. The van der Waals surface area contributed by atoms with Crippen molar-refractivity contribution in [2.45, 2.75) is 67.0 Å². The fourth-order valence-electron chi connectivity index (χ4n) is 2.19. The number of aliphatic hydroxyl groups is 1. The van der Waals surface area contributed by atoms with Gasteiger partial charge in [0, 0.05) is 18.5 Å². The molecule has 0 amide bonds. The molecule has 0 bridgehead atoms. The van der Waals surface area contributed by atoms with E-state index in [4.69, 9.17) is 9.47 Å². The van der Waals surface area contributed by atoms with Crippen molar-refractivity contribution in [1.82, 2.24) is 14.1 Å². The smallest absolute Gasteiger partial charge is 0.336 e. The third-order valence-corrected chi connectivity index (χ3v) is 4.88. The molecule has 0 fully saturated rings. The van der Waals surface area contributed by atoms with E-state index in [1.54, 1.807) is 13.8 Å². The first-order chi connectivity index (χ1) is 14.3. The normalized spacial score (nSPS) is 11.9. The molecule has 0 aliphatic rings.